The Bertz CT molecular complexity index is 194. The molecule has 84 valence electrons. The molecule has 0 atom stereocenters. The molecule has 0 rings (SSSR count). The highest BCUT2D eigenvalue weighted by Gasteiger charge is 2.22. The van der Waals surface area contributed by atoms with Gasteiger partial charge in [0.25, 0.3) is 0 Å². The van der Waals surface area contributed by atoms with Crippen molar-refractivity contribution in [1.29, 1.82) is 0 Å². The standard InChI is InChI=1S/C11H22BrNO/c1-10(2,3)8-9(14)13-11(4,5)6-7-12/h6-8H2,1-5H3,(H,13,14). The number of alkyl halides is 1. The summed E-state index contributed by atoms with van der Waals surface area (Å²) < 4.78 is 0. The average Bonchev–Trinajstić information content (AvgIpc) is 1.78. The van der Waals surface area contributed by atoms with E-state index in [9.17, 15) is 4.79 Å². The van der Waals surface area contributed by atoms with Gasteiger partial charge in [0, 0.05) is 17.3 Å². The van der Waals surface area contributed by atoms with E-state index in [1.54, 1.807) is 0 Å². The van der Waals surface area contributed by atoms with Gasteiger partial charge in [0.2, 0.25) is 5.91 Å². The summed E-state index contributed by atoms with van der Waals surface area (Å²) in [7, 11) is 0. The highest BCUT2D eigenvalue weighted by atomic mass is 79.9. The SMILES string of the molecule is CC(C)(C)CC(=O)NC(C)(C)CCBr. The maximum absolute atomic E-state index is 11.6. The van der Waals surface area contributed by atoms with Gasteiger partial charge in [0.1, 0.15) is 0 Å². The van der Waals surface area contributed by atoms with E-state index in [4.69, 9.17) is 0 Å². The third kappa shape index (κ3) is 7.36. The van der Waals surface area contributed by atoms with Crippen LogP contribution in [0.1, 0.15) is 47.5 Å². The van der Waals surface area contributed by atoms with Gasteiger partial charge in [0.15, 0.2) is 0 Å². The second-order valence-electron chi connectivity index (χ2n) is 5.61. The number of halogens is 1. The average molecular weight is 264 g/mol. The molecule has 0 aliphatic rings. The largest absolute Gasteiger partial charge is 0.351 e. The summed E-state index contributed by atoms with van der Waals surface area (Å²) in [6.07, 6.45) is 1.53. The lowest BCUT2D eigenvalue weighted by molar-refractivity contribution is -0.124. The lowest BCUT2D eigenvalue weighted by Crippen LogP contribution is -2.44. The van der Waals surface area contributed by atoms with Crippen LogP contribution in [0.25, 0.3) is 0 Å². The smallest absolute Gasteiger partial charge is 0.220 e. The van der Waals surface area contributed by atoms with Gasteiger partial charge in [-0.05, 0) is 25.7 Å². The van der Waals surface area contributed by atoms with Crippen molar-refractivity contribution in [3.63, 3.8) is 0 Å². The molecule has 0 unspecified atom stereocenters. The summed E-state index contributed by atoms with van der Waals surface area (Å²) in [5.41, 5.74) is -0.0413. The lowest BCUT2D eigenvalue weighted by atomic mass is 9.91. The Labute approximate surface area is 96.0 Å². The minimum absolute atomic E-state index is 0.0641. The number of rotatable bonds is 4. The predicted molar refractivity (Wildman–Crippen MR) is 64.7 cm³/mol. The summed E-state index contributed by atoms with van der Waals surface area (Å²) in [5.74, 6) is 0.142. The first-order valence-electron chi connectivity index (χ1n) is 5.03. The van der Waals surface area contributed by atoms with Crippen LogP contribution >= 0.6 is 15.9 Å². The summed E-state index contributed by atoms with van der Waals surface area (Å²) in [6.45, 7) is 10.3. The van der Waals surface area contributed by atoms with Gasteiger partial charge < -0.3 is 5.32 Å². The van der Waals surface area contributed by atoms with E-state index in [2.05, 4.69) is 55.9 Å². The molecule has 0 bridgehead atoms. The van der Waals surface area contributed by atoms with Crippen LogP contribution in [-0.4, -0.2) is 16.8 Å². The second-order valence-corrected chi connectivity index (χ2v) is 6.40. The van der Waals surface area contributed by atoms with Gasteiger partial charge in [-0.2, -0.15) is 0 Å². The Morgan fingerprint density at radius 1 is 1.21 bits per heavy atom. The first-order valence-corrected chi connectivity index (χ1v) is 6.15. The van der Waals surface area contributed by atoms with Crippen molar-refractivity contribution in [3.05, 3.63) is 0 Å². The monoisotopic (exact) mass is 263 g/mol. The van der Waals surface area contributed by atoms with E-state index in [0.717, 1.165) is 11.8 Å². The van der Waals surface area contributed by atoms with Crippen LogP contribution in [0.5, 0.6) is 0 Å². The minimum atomic E-state index is -0.105. The number of hydrogen-bond acceptors (Lipinski definition) is 1. The van der Waals surface area contributed by atoms with Crippen molar-refractivity contribution in [1.82, 2.24) is 5.32 Å². The lowest BCUT2D eigenvalue weighted by Gasteiger charge is -2.27. The molecule has 1 N–H and O–H groups in total. The zero-order valence-corrected chi connectivity index (χ0v) is 11.5. The van der Waals surface area contributed by atoms with Crippen molar-refractivity contribution < 1.29 is 4.79 Å². The molecular formula is C11H22BrNO. The van der Waals surface area contributed by atoms with Gasteiger partial charge in [0.05, 0.1) is 0 Å². The third-order valence-corrected chi connectivity index (χ3v) is 2.28. The van der Waals surface area contributed by atoms with Gasteiger partial charge >= 0.3 is 0 Å². The third-order valence-electron chi connectivity index (χ3n) is 1.89. The topological polar surface area (TPSA) is 29.1 Å². The van der Waals surface area contributed by atoms with Crippen LogP contribution in [0.2, 0.25) is 0 Å². The van der Waals surface area contributed by atoms with E-state index < -0.39 is 0 Å². The summed E-state index contributed by atoms with van der Waals surface area (Å²) in [6, 6.07) is 0. The molecule has 1 amide bonds. The molecule has 14 heavy (non-hydrogen) atoms. The Balaban J connectivity index is 4.06. The van der Waals surface area contributed by atoms with Crippen molar-refractivity contribution in [2.45, 2.75) is 53.0 Å². The summed E-state index contributed by atoms with van der Waals surface area (Å²) in [5, 5.41) is 3.96. The normalized spacial score (nSPS) is 12.7. The molecule has 0 aliphatic carbocycles. The maximum atomic E-state index is 11.6. The fourth-order valence-corrected chi connectivity index (χ4v) is 2.19. The van der Waals surface area contributed by atoms with Gasteiger partial charge in [-0.3, -0.25) is 4.79 Å². The van der Waals surface area contributed by atoms with Crippen LogP contribution in [0.15, 0.2) is 0 Å². The number of carbonyl (C=O) groups is 1. The Morgan fingerprint density at radius 2 is 1.71 bits per heavy atom. The molecule has 0 spiro atoms. The fourth-order valence-electron chi connectivity index (χ4n) is 1.20. The van der Waals surface area contributed by atoms with E-state index in [1.807, 2.05) is 0 Å². The van der Waals surface area contributed by atoms with Gasteiger partial charge in [-0.25, -0.2) is 0 Å². The van der Waals surface area contributed by atoms with Crippen LogP contribution in [0.4, 0.5) is 0 Å². The second kappa shape index (κ2) is 5.15. The molecule has 0 saturated heterocycles. The molecule has 0 fully saturated rings. The summed E-state index contributed by atoms with van der Waals surface area (Å²) >= 11 is 3.39. The number of hydrogen-bond donors (Lipinski definition) is 1. The molecule has 0 aromatic carbocycles. The molecule has 0 heterocycles. The first-order chi connectivity index (χ1) is 6.16. The number of amides is 1. The van der Waals surface area contributed by atoms with Gasteiger partial charge in [-0.1, -0.05) is 36.7 Å². The molecule has 2 nitrogen and oxygen atoms in total. The molecule has 3 heteroatoms. The molecule has 0 aliphatic heterocycles. The van der Waals surface area contributed by atoms with E-state index in [1.165, 1.54) is 0 Å². The van der Waals surface area contributed by atoms with E-state index in [-0.39, 0.29) is 16.9 Å². The Kier molecular flexibility index (Phi) is 5.13. The van der Waals surface area contributed by atoms with Crippen molar-refractivity contribution in [3.8, 4) is 0 Å². The first kappa shape index (κ1) is 13.9. The van der Waals surface area contributed by atoms with Crippen LogP contribution in [0, 0.1) is 5.41 Å². The predicted octanol–water partition coefficient (Wildman–Crippen LogP) is 3.10. The number of carbonyl (C=O) groups excluding carboxylic acids is 1. The molecule has 0 aromatic heterocycles. The minimum Gasteiger partial charge on any atom is -0.351 e. The van der Waals surface area contributed by atoms with Crippen molar-refractivity contribution in [2.24, 2.45) is 5.41 Å². The molecule has 0 saturated carbocycles. The van der Waals surface area contributed by atoms with Crippen LogP contribution in [-0.2, 0) is 4.79 Å². The van der Waals surface area contributed by atoms with E-state index >= 15 is 0 Å². The quantitative estimate of drug-likeness (QED) is 0.777. The molecular weight excluding hydrogens is 242 g/mol. The molecule has 0 radical (unpaired) electrons. The highest BCUT2D eigenvalue weighted by Crippen LogP contribution is 2.19. The molecule has 0 aromatic rings. The Hall–Kier alpha value is -0.0500. The fraction of sp³-hybridized carbons (Fsp3) is 0.909. The zero-order valence-electron chi connectivity index (χ0n) is 9.91. The van der Waals surface area contributed by atoms with Crippen LogP contribution < -0.4 is 5.32 Å². The highest BCUT2D eigenvalue weighted by molar-refractivity contribution is 9.09. The number of nitrogens with one attached hydrogen (secondary N) is 1. The Morgan fingerprint density at radius 3 is 2.07 bits per heavy atom. The zero-order chi connectivity index (χ0) is 11.4. The van der Waals surface area contributed by atoms with Crippen molar-refractivity contribution >= 4 is 21.8 Å². The van der Waals surface area contributed by atoms with Gasteiger partial charge in [-0.15, -0.1) is 0 Å². The maximum Gasteiger partial charge on any atom is 0.220 e. The van der Waals surface area contributed by atoms with Crippen molar-refractivity contribution in [2.75, 3.05) is 5.33 Å². The van der Waals surface area contributed by atoms with Crippen LogP contribution in [0.3, 0.4) is 0 Å². The summed E-state index contributed by atoms with van der Waals surface area (Å²) in [4.78, 5) is 11.6. The van der Waals surface area contributed by atoms with E-state index in [0.29, 0.717) is 6.42 Å².